The van der Waals surface area contributed by atoms with Gasteiger partial charge in [-0.25, -0.2) is 4.39 Å². The molecule has 0 saturated heterocycles. The first-order chi connectivity index (χ1) is 35.4. The predicted octanol–water partition coefficient (Wildman–Crippen LogP) is 19.7. The molecule has 3 aliphatic rings. The van der Waals surface area contributed by atoms with E-state index >= 15 is 0 Å². The number of methoxy groups -OCH3 is 3. The molecule has 0 radical (unpaired) electrons. The number of fused-ring (bicyclic) bond motifs is 5. The molecule has 3 aliphatic carbocycles. The molecule has 3 unspecified atom stereocenters. The van der Waals surface area contributed by atoms with Gasteiger partial charge in [-0.05, 0) is 256 Å². The van der Waals surface area contributed by atoms with E-state index in [1.54, 1.807) is 39.4 Å². The van der Waals surface area contributed by atoms with Gasteiger partial charge < -0.3 is 14.2 Å². The Hall–Kier alpha value is -6.13. The highest BCUT2D eigenvalue weighted by Gasteiger charge is 2.40. The Morgan fingerprint density at radius 1 is 0.392 bits per heavy atom. The highest BCUT2D eigenvalue weighted by atomic mass is 19.1. The number of rotatable bonds is 5. The van der Waals surface area contributed by atoms with Crippen LogP contribution in [0.15, 0.2) is 109 Å². The zero-order valence-electron chi connectivity index (χ0n) is 47.7. The fourth-order valence-corrected chi connectivity index (χ4v) is 12.1. The van der Waals surface area contributed by atoms with Gasteiger partial charge in [0.15, 0.2) is 0 Å². The first-order valence-corrected chi connectivity index (χ1v) is 27.4. The molecule has 3 atom stereocenters. The van der Waals surface area contributed by atoms with Crippen LogP contribution in [-0.2, 0) is 0 Å². The third kappa shape index (κ3) is 12.5. The lowest BCUT2D eigenvalue weighted by atomic mass is 9.80. The average Bonchev–Trinajstić information content (AvgIpc) is 4.06. The second-order valence-corrected chi connectivity index (χ2v) is 22.0. The molecule has 0 amide bonds. The monoisotopic (exact) mass is 993 g/mol. The van der Waals surface area contributed by atoms with E-state index in [9.17, 15) is 4.39 Å². The number of halogens is 1. The van der Waals surface area contributed by atoms with Crippen LogP contribution in [0.4, 0.5) is 4.39 Å². The van der Waals surface area contributed by atoms with Crippen molar-refractivity contribution < 1.29 is 18.6 Å². The molecule has 0 aliphatic heterocycles. The predicted molar refractivity (Wildman–Crippen MR) is 315 cm³/mol. The number of aryl methyl sites for hydroxylation is 9. The Labute approximate surface area is 444 Å². The maximum Gasteiger partial charge on any atom is 0.129 e. The molecule has 390 valence electrons. The first kappa shape index (κ1) is 55.6. The summed E-state index contributed by atoms with van der Waals surface area (Å²) >= 11 is 0. The summed E-state index contributed by atoms with van der Waals surface area (Å²) < 4.78 is 28.8. The maximum absolute atomic E-state index is 13.2. The summed E-state index contributed by atoms with van der Waals surface area (Å²) in [6.07, 6.45) is 12.9. The van der Waals surface area contributed by atoms with Gasteiger partial charge >= 0.3 is 0 Å². The van der Waals surface area contributed by atoms with Crippen molar-refractivity contribution in [2.24, 2.45) is 11.8 Å². The van der Waals surface area contributed by atoms with Gasteiger partial charge in [0.25, 0.3) is 0 Å². The van der Waals surface area contributed by atoms with Gasteiger partial charge in [0.05, 0.1) is 21.3 Å². The molecule has 8 aromatic carbocycles. The standard InChI is InChI=1S/C19H22.C18H22.C13H14O.C10H13F.C10H14O2/c1-12-9-19(18-11-14-7-8-15(18)10-14)17-6-4-3-5-16(17)13(12)2;1-13-11-16-9-6-10-17(18(16)12-14(13)2)15-7-4-3-5-8-15;1-9-8-13(14-3)12-7-5-4-6-11(12)10(9)2;1-6-5-7(2)10(11)9(4)8(6)3;1-7-5-9(11-3)6-10(12-4)8(7)2/h3-6,9,14-15,18H,7-8,10-11H2,1-2H3;6,9-12,15H,3-5,7-8H2,1-2H3;4-8H,1-3H3;5H,1-4H3;5-6H,1-4H3. The summed E-state index contributed by atoms with van der Waals surface area (Å²) in [5, 5.41) is 8.37. The SMILES string of the molecule is COc1cc(C)c(C)c(OC)c1.COc1cc(C)c(C)c2ccccc12.Cc1cc(C)c(F)c(C)c1C.Cc1cc(C2CC3CCC2C3)c2ccccc2c1C.Cc1cc2cccc(C3CCCCC3)c2cc1C. The average molecular weight is 993 g/mol. The highest BCUT2D eigenvalue weighted by molar-refractivity contribution is 5.92. The summed E-state index contributed by atoms with van der Waals surface area (Å²) in [4.78, 5) is 0. The van der Waals surface area contributed by atoms with Crippen LogP contribution >= 0.6 is 0 Å². The Bertz CT molecular complexity index is 3200. The zero-order chi connectivity index (χ0) is 53.4. The van der Waals surface area contributed by atoms with E-state index in [2.05, 4.69) is 126 Å². The molecular formula is C70H85FO3. The van der Waals surface area contributed by atoms with E-state index in [1.165, 1.54) is 140 Å². The van der Waals surface area contributed by atoms with E-state index in [-0.39, 0.29) is 5.82 Å². The van der Waals surface area contributed by atoms with Crippen LogP contribution in [0.2, 0.25) is 0 Å². The zero-order valence-corrected chi connectivity index (χ0v) is 47.7. The van der Waals surface area contributed by atoms with Crippen molar-refractivity contribution in [1.82, 2.24) is 0 Å². The normalized spacial score (nSPS) is 16.8. The van der Waals surface area contributed by atoms with Gasteiger partial charge in [-0.1, -0.05) is 117 Å². The van der Waals surface area contributed by atoms with Crippen LogP contribution in [0.25, 0.3) is 32.3 Å². The Kier molecular flexibility index (Phi) is 18.7. The van der Waals surface area contributed by atoms with E-state index in [1.807, 2.05) is 58.9 Å². The van der Waals surface area contributed by atoms with Gasteiger partial charge in [0.1, 0.15) is 23.1 Å². The van der Waals surface area contributed by atoms with Crippen molar-refractivity contribution in [3.63, 3.8) is 0 Å². The number of ether oxygens (including phenoxy) is 3. The number of benzene rings is 8. The second kappa shape index (κ2) is 24.9. The van der Waals surface area contributed by atoms with Gasteiger partial charge in [-0.15, -0.1) is 0 Å². The molecule has 3 fully saturated rings. The molecule has 2 bridgehead atoms. The minimum absolute atomic E-state index is 0.0619. The largest absolute Gasteiger partial charge is 0.497 e. The molecule has 0 spiro atoms. The summed E-state index contributed by atoms with van der Waals surface area (Å²) in [7, 11) is 5.04. The first-order valence-electron chi connectivity index (χ1n) is 27.4. The Morgan fingerprint density at radius 2 is 0.973 bits per heavy atom. The van der Waals surface area contributed by atoms with E-state index < -0.39 is 0 Å². The van der Waals surface area contributed by atoms with Crippen LogP contribution in [0.5, 0.6) is 17.2 Å². The lowest BCUT2D eigenvalue weighted by molar-refractivity contribution is 0.391. The van der Waals surface area contributed by atoms with Gasteiger partial charge in [0, 0.05) is 11.5 Å². The third-order valence-electron chi connectivity index (χ3n) is 17.4. The minimum atomic E-state index is -0.0619. The minimum Gasteiger partial charge on any atom is -0.497 e. The molecule has 74 heavy (non-hydrogen) atoms. The Morgan fingerprint density at radius 3 is 1.58 bits per heavy atom. The molecule has 3 saturated carbocycles. The summed E-state index contributed by atoms with van der Waals surface area (Å²) in [5.74, 6) is 6.25. The quantitative estimate of drug-likeness (QED) is 0.172. The molecule has 4 heteroatoms. The Balaban J connectivity index is 0.000000138. The smallest absolute Gasteiger partial charge is 0.129 e. The number of hydrogen-bond acceptors (Lipinski definition) is 3. The van der Waals surface area contributed by atoms with Gasteiger partial charge in [-0.2, -0.15) is 0 Å². The van der Waals surface area contributed by atoms with Crippen LogP contribution < -0.4 is 14.2 Å². The van der Waals surface area contributed by atoms with Gasteiger partial charge in [0.2, 0.25) is 0 Å². The van der Waals surface area contributed by atoms with Crippen molar-refractivity contribution in [3.8, 4) is 17.2 Å². The molecule has 3 nitrogen and oxygen atoms in total. The fourth-order valence-electron chi connectivity index (χ4n) is 12.1. The number of hydrogen-bond donors (Lipinski definition) is 0. The summed E-state index contributed by atoms with van der Waals surface area (Å²) in [6.45, 7) is 24.9. The van der Waals surface area contributed by atoms with Crippen LogP contribution in [0.3, 0.4) is 0 Å². The summed E-state index contributed by atoms with van der Waals surface area (Å²) in [5.41, 5.74) is 17.7. The van der Waals surface area contributed by atoms with Crippen molar-refractivity contribution in [3.05, 3.63) is 193 Å². The molecule has 0 aromatic heterocycles. The fraction of sp³-hybridized carbons (Fsp3) is 0.400. The maximum atomic E-state index is 13.2. The lowest BCUT2D eigenvalue weighted by Crippen LogP contribution is -2.09. The highest BCUT2D eigenvalue weighted by Crippen LogP contribution is 2.54. The summed E-state index contributed by atoms with van der Waals surface area (Å²) in [6, 6.07) is 39.3. The lowest BCUT2D eigenvalue weighted by Gasteiger charge is -2.25. The molecule has 8 aromatic rings. The van der Waals surface area contributed by atoms with E-state index in [0.717, 1.165) is 57.6 Å². The van der Waals surface area contributed by atoms with Crippen LogP contribution in [-0.4, -0.2) is 21.3 Å². The van der Waals surface area contributed by atoms with Gasteiger partial charge in [-0.3, -0.25) is 0 Å². The van der Waals surface area contributed by atoms with E-state index in [0.29, 0.717) is 0 Å². The van der Waals surface area contributed by atoms with E-state index in [4.69, 9.17) is 14.2 Å². The molecule has 11 rings (SSSR count). The topological polar surface area (TPSA) is 27.7 Å². The molecular weight excluding hydrogens is 908 g/mol. The van der Waals surface area contributed by atoms with Crippen molar-refractivity contribution in [1.29, 1.82) is 0 Å². The third-order valence-corrected chi connectivity index (χ3v) is 17.4. The van der Waals surface area contributed by atoms with Crippen LogP contribution in [0, 0.1) is 101 Å². The molecule has 0 N–H and O–H groups in total. The van der Waals surface area contributed by atoms with Crippen molar-refractivity contribution in [2.45, 2.75) is 153 Å². The second-order valence-electron chi connectivity index (χ2n) is 22.0. The van der Waals surface area contributed by atoms with Crippen molar-refractivity contribution in [2.75, 3.05) is 21.3 Å². The van der Waals surface area contributed by atoms with Crippen LogP contribution in [0.1, 0.15) is 148 Å². The molecule has 0 heterocycles. The van der Waals surface area contributed by atoms with Crippen molar-refractivity contribution >= 4 is 32.3 Å².